The molecule has 0 bridgehead atoms. The lowest BCUT2D eigenvalue weighted by molar-refractivity contribution is -0.286. The Morgan fingerprint density at radius 2 is 1.88 bits per heavy atom. The predicted octanol–water partition coefficient (Wildman–Crippen LogP) is 5.64. The number of hydrogen-bond donors (Lipinski definition) is 3. The number of carbonyl (C=O) groups excluding carboxylic acids is 2. The summed E-state index contributed by atoms with van der Waals surface area (Å²) in [7, 11) is 1.29. The van der Waals surface area contributed by atoms with Crippen molar-refractivity contribution in [3.63, 3.8) is 0 Å². The van der Waals surface area contributed by atoms with Crippen LogP contribution in [0.3, 0.4) is 0 Å². The molecule has 0 saturated carbocycles. The van der Waals surface area contributed by atoms with Crippen molar-refractivity contribution < 1.29 is 51.2 Å². The number of nitrogens with zero attached hydrogens (tertiary/aromatic N) is 3. The van der Waals surface area contributed by atoms with Crippen molar-refractivity contribution in [2.75, 3.05) is 20.3 Å². The quantitative estimate of drug-likeness (QED) is 0.147. The minimum atomic E-state index is -4.00. The van der Waals surface area contributed by atoms with E-state index in [-0.39, 0.29) is 73.4 Å². The summed E-state index contributed by atoms with van der Waals surface area (Å²) in [5.41, 5.74) is 3.18. The molecule has 17 heteroatoms. The SMILES string of the molecule is CCOc1c(C(N)=O)cc([C@@](O)(CNC(=O)c2cc(OC)c3nn(C(F)F)cc3c2)c2ccccc2)nc1-c1ccc2c(c1Cl)OC(F)(F)O2. The van der Waals surface area contributed by atoms with E-state index in [9.17, 15) is 32.3 Å². The predicted molar refractivity (Wildman–Crippen MR) is 170 cm³/mol. The number of carbonyl (C=O) groups is 2. The maximum Gasteiger partial charge on any atom is 0.586 e. The Morgan fingerprint density at radius 1 is 1.14 bits per heavy atom. The molecule has 0 radical (unpaired) electrons. The number of hydrogen-bond acceptors (Lipinski definition) is 9. The average molecular weight is 716 g/mol. The zero-order chi connectivity index (χ0) is 36.0. The minimum absolute atomic E-state index is 0.0115. The number of rotatable bonds is 11. The lowest BCUT2D eigenvalue weighted by atomic mass is 9.88. The number of ether oxygens (including phenoxy) is 4. The summed E-state index contributed by atoms with van der Waals surface area (Å²) in [6.07, 6.45) is -2.94. The van der Waals surface area contributed by atoms with Gasteiger partial charge in [-0.15, -0.1) is 8.78 Å². The second-order valence-corrected chi connectivity index (χ2v) is 11.2. The van der Waals surface area contributed by atoms with Crippen LogP contribution in [0.4, 0.5) is 17.6 Å². The molecule has 0 fully saturated rings. The fraction of sp³-hybridized carbons (Fsp3) is 0.212. The van der Waals surface area contributed by atoms with Gasteiger partial charge in [-0.1, -0.05) is 41.9 Å². The Kier molecular flexibility index (Phi) is 8.92. The molecule has 3 heterocycles. The van der Waals surface area contributed by atoms with E-state index in [0.29, 0.717) is 4.68 Å². The first-order valence-electron chi connectivity index (χ1n) is 14.7. The van der Waals surface area contributed by atoms with Gasteiger partial charge < -0.3 is 35.1 Å². The third-order valence-electron chi connectivity index (χ3n) is 7.75. The van der Waals surface area contributed by atoms with Gasteiger partial charge in [-0.25, -0.2) is 9.67 Å². The highest BCUT2D eigenvalue weighted by atomic mass is 35.5. The summed E-state index contributed by atoms with van der Waals surface area (Å²) in [6, 6.07) is 14.2. The molecule has 260 valence electrons. The molecule has 0 saturated heterocycles. The maximum absolute atomic E-state index is 13.9. The average Bonchev–Trinajstić information content (AvgIpc) is 3.68. The summed E-state index contributed by atoms with van der Waals surface area (Å²) in [4.78, 5) is 31.0. The topological polar surface area (TPSA) is 160 Å². The Hall–Kier alpha value is -5.61. The molecule has 12 nitrogen and oxygen atoms in total. The molecule has 1 aliphatic heterocycles. The standard InChI is InChI=1S/C33H26ClF4N5O7/c1-3-48-27-20(29(39)44)13-23(41-26(27)19-9-10-21-28(24(19)34)50-33(37,38)49-21)32(46,18-7-5-4-6-8-18)15-40-30(45)16-11-17-14-43(31(35)36)42-25(17)22(12-16)47-2/h4-14,31,46H,3,15H2,1-2H3,(H2,39,44)(H,40,45)/t32-/m1/s1. The number of pyridine rings is 1. The van der Waals surface area contributed by atoms with E-state index >= 15 is 0 Å². The van der Waals surface area contributed by atoms with Crippen LogP contribution >= 0.6 is 11.6 Å². The summed E-state index contributed by atoms with van der Waals surface area (Å²) in [6.45, 7) is -1.87. The van der Waals surface area contributed by atoms with Crippen LogP contribution in [-0.2, 0) is 5.60 Å². The number of primary amides is 1. The zero-order valence-corrected chi connectivity index (χ0v) is 26.8. The molecular weight excluding hydrogens is 690 g/mol. The highest BCUT2D eigenvalue weighted by Gasteiger charge is 2.45. The van der Waals surface area contributed by atoms with Gasteiger partial charge in [0.25, 0.3) is 11.8 Å². The number of aromatic nitrogens is 3. The lowest BCUT2D eigenvalue weighted by Gasteiger charge is -2.30. The number of halogens is 5. The van der Waals surface area contributed by atoms with Crippen LogP contribution in [0.5, 0.6) is 23.0 Å². The van der Waals surface area contributed by atoms with Crippen LogP contribution in [0.2, 0.25) is 5.02 Å². The van der Waals surface area contributed by atoms with Gasteiger partial charge in [-0.3, -0.25) is 9.59 Å². The smallest absolute Gasteiger partial charge is 0.494 e. The fourth-order valence-electron chi connectivity index (χ4n) is 5.44. The molecule has 2 aromatic heterocycles. The van der Waals surface area contributed by atoms with Gasteiger partial charge in [0, 0.05) is 22.7 Å². The van der Waals surface area contributed by atoms with Crippen molar-refractivity contribution in [3.8, 4) is 34.3 Å². The fourth-order valence-corrected chi connectivity index (χ4v) is 5.72. The number of alkyl halides is 4. The Bertz CT molecular complexity index is 2130. The highest BCUT2D eigenvalue weighted by Crippen LogP contribution is 2.50. The van der Waals surface area contributed by atoms with E-state index < -0.39 is 42.6 Å². The number of nitrogens with two attached hydrogens (primary N) is 1. The summed E-state index contributed by atoms with van der Waals surface area (Å²) in [5.74, 6) is -2.71. The van der Waals surface area contributed by atoms with Gasteiger partial charge in [-0.05, 0) is 42.8 Å². The van der Waals surface area contributed by atoms with Gasteiger partial charge in [0.15, 0.2) is 17.2 Å². The van der Waals surface area contributed by atoms with Crippen LogP contribution in [0, 0.1) is 0 Å². The van der Waals surface area contributed by atoms with Crippen LogP contribution in [0.15, 0.2) is 66.9 Å². The first-order chi connectivity index (χ1) is 23.8. The maximum atomic E-state index is 13.9. The van der Waals surface area contributed by atoms with Crippen molar-refractivity contribution in [2.45, 2.75) is 25.4 Å². The number of fused-ring (bicyclic) bond motifs is 2. The van der Waals surface area contributed by atoms with E-state index in [4.69, 9.17) is 26.8 Å². The highest BCUT2D eigenvalue weighted by molar-refractivity contribution is 6.35. The van der Waals surface area contributed by atoms with Gasteiger partial charge in [0.2, 0.25) is 0 Å². The molecule has 3 aromatic carbocycles. The van der Waals surface area contributed by atoms with E-state index in [2.05, 4.69) is 24.9 Å². The molecule has 6 rings (SSSR count). The van der Waals surface area contributed by atoms with Crippen molar-refractivity contribution in [1.82, 2.24) is 20.1 Å². The molecule has 0 unspecified atom stereocenters. The first kappa shape index (κ1) is 34.3. The molecule has 2 amide bonds. The van der Waals surface area contributed by atoms with E-state index in [1.54, 1.807) is 25.1 Å². The minimum Gasteiger partial charge on any atom is -0.494 e. The Labute approximate surface area is 285 Å². The number of benzene rings is 3. The molecule has 50 heavy (non-hydrogen) atoms. The number of nitrogens with one attached hydrogen (secondary N) is 1. The summed E-state index contributed by atoms with van der Waals surface area (Å²) in [5, 5.41) is 18.7. The van der Waals surface area contributed by atoms with Crippen LogP contribution in [-0.4, -0.2) is 58.2 Å². The Morgan fingerprint density at radius 3 is 2.54 bits per heavy atom. The number of methoxy groups -OCH3 is 1. The molecule has 1 atom stereocenters. The van der Waals surface area contributed by atoms with E-state index in [1.807, 2.05) is 0 Å². The van der Waals surface area contributed by atoms with Crippen molar-refractivity contribution in [2.24, 2.45) is 5.73 Å². The van der Waals surface area contributed by atoms with Gasteiger partial charge in [0.05, 0.1) is 36.5 Å². The van der Waals surface area contributed by atoms with Crippen molar-refractivity contribution in [1.29, 1.82) is 0 Å². The lowest BCUT2D eigenvalue weighted by Crippen LogP contribution is -2.42. The van der Waals surface area contributed by atoms with Gasteiger partial charge in [-0.2, -0.15) is 13.9 Å². The van der Waals surface area contributed by atoms with E-state index in [1.165, 1.54) is 43.5 Å². The van der Waals surface area contributed by atoms with Crippen LogP contribution in [0.25, 0.3) is 22.2 Å². The third kappa shape index (κ3) is 6.18. The second kappa shape index (κ2) is 13.0. The van der Waals surface area contributed by atoms with Crippen molar-refractivity contribution >= 4 is 34.3 Å². The monoisotopic (exact) mass is 715 g/mol. The van der Waals surface area contributed by atoms with Crippen LogP contribution < -0.4 is 30.0 Å². The Balaban J connectivity index is 1.47. The molecular formula is C33H26ClF4N5O7. The third-order valence-corrected chi connectivity index (χ3v) is 8.12. The second-order valence-electron chi connectivity index (χ2n) is 10.9. The van der Waals surface area contributed by atoms with Crippen LogP contribution in [0.1, 0.15) is 45.4 Å². The molecule has 5 aromatic rings. The largest absolute Gasteiger partial charge is 0.586 e. The molecule has 0 aliphatic carbocycles. The van der Waals surface area contributed by atoms with Gasteiger partial charge in [0.1, 0.15) is 22.6 Å². The summed E-state index contributed by atoms with van der Waals surface area (Å²) < 4.78 is 75.1. The van der Waals surface area contributed by atoms with Crippen molar-refractivity contribution in [3.05, 3.63) is 94.3 Å². The summed E-state index contributed by atoms with van der Waals surface area (Å²) >= 11 is 6.53. The normalized spacial score (nSPS) is 14.4. The number of amides is 2. The van der Waals surface area contributed by atoms with Gasteiger partial charge >= 0.3 is 12.8 Å². The van der Waals surface area contributed by atoms with E-state index in [0.717, 1.165) is 12.3 Å². The first-order valence-corrected chi connectivity index (χ1v) is 15.1. The number of aliphatic hydroxyl groups is 1. The molecule has 1 aliphatic rings. The molecule has 0 spiro atoms. The molecule has 4 N–H and O–H groups in total. The zero-order valence-electron chi connectivity index (χ0n) is 26.0.